The number of nitrogen functional groups attached to an aromatic ring is 1. The van der Waals surface area contributed by atoms with Gasteiger partial charge in [-0.1, -0.05) is 0 Å². The maximum Gasteiger partial charge on any atom is 0.256 e. The van der Waals surface area contributed by atoms with Crippen LogP contribution in [0, 0.1) is 5.82 Å². The molecule has 1 aromatic carbocycles. The number of nitrogens with zero attached hydrogens (tertiary/aromatic N) is 1. The van der Waals surface area contributed by atoms with E-state index >= 15 is 0 Å². The molecule has 0 saturated carbocycles. The minimum atomic E-state index is -0.559. The molecule has 1 amide bonds. The number of aliphatic hydroxyl groups excluding tert-OH is 1. The Bertz CT molecular complexity index is 410. The van der Waals surface area contributed by atoms with Crippen LogP contribution in [0.3, 0.4) is 0 Å². The summed E-state index contributed by atoms with van der Waals surface area (Å²) < 4.78 is 13.5. The maximum atomic E-state index is 13.5. The lowest BCUT2D eigenvalue weighted by Crippen LogP contribution is -2.28. The van der Waals surface area contributed by atoms with Gasteiger partial charge in [0.2, 0.25) is 0 Å². The standard InChI is InChI=1S/C13H19FN2O2/c1-16(7-3-2-4-8-17)13(18)11-9-10(15)5-6-12(11)14/h5-6,9,17H,2-4,7-8,15H2,1H3. The summed E-state index contributed by atoms with van der Waals surface area (Å²) in [5.74, 6) is -0.930. The van der Waals surface area contributed by atoms with Gasteiger partial charge in [0.25, 0.3) is 5.91 Å². The molecule has 1 aromatic rings. The number of anilines is 1. The van der Waals surface area contributed by atoms with Gasteiger partial charge in [-0.2, -0.15) is 0 Å². The molecule has 0 aliphatic carbocycles. The van der Waals surface area contributed by atoms with E-state index in [0.29, 0.717) is 18.7 Å². The van der Waals surface area contributed by atoms with Crippen LogP contribution >= 0.6 is 0 Å². The predicted octanol–water partition coefficient (Wildman–Crippen LogP) is 1.64. The minimum absolute atomic E-state index is 0.000316. The number of benzene rings is 1. The molecule has 0 radical (unpaired) electrons. The highest BCUT2D eigenvalue weighted by Crippen LogP contribution is 2.14. The first-order valence-electron chi connectivity index (χ1n) is 5.97. The maximum absolute atomic E-state index is 13.5. The van der Waals surface area contributed by atoms with Gasteiger partial charge in [0.05, 0.1) is 5.56 Å². The summed E-state index contributed by atoms with van der Waals surface area (Å²) in [5.41, 5.74) is 5.91. The fourth-order valence-corrected chi connectivity index (χ4v) is 1.65. The molecular formula is C13H19FN2O2. The molecule has 0 fully saturated rings. The average molecular weight is 254 g/mol. The van der Waals surface area contributed by atoms with Crippen LogP contribution < -0.4 is 5.73 Å². The number of carbonyl (C=O) groups excluding carboxylic acids is 1. The van der Waals surface area contributed by atoms with Crippen molar-refractivity contribution < 1.29 is 14.3 Å². The molecule has 4 nitrogen and oxygen atoms in total. The van der Waals surface area contributed by atoms with Crippen molar-refractivity contribution in [2.75, 3.05) is 25.9 Å². The van der Waals surface area contributed by atoms with Crippen molar-refractivity contribution >= 4 is 11.6 Å². The van der Waals surface area contributed by atoms with Crippen LogP contribution in [-0.4, -0.2) is 36.1 Å². The Morgan fingerprint density at radius 1 is 1.39 bits per heavy atom. The zero-order chi connectivity index (χ0) is 13.5. The largest absolute Gasteiger partial charge is 0.399 e. The molecule has 0 spiro atoms. The summed E-state index contributed by atoms with van der Waals surface area (Å²) in [7, 11) is 1.63. The summed E-state index contributed by atoms with van der Waals surface area (Å²) in [4.78, 5) is 13.4. The van der Waals surface area contributed by atoms with Gasteiger partial charge in [-0.05, 0) is 37.5 Å². The van der Waals surface area contributed by atoms with Gasteiger partial charge >= 0.3 is 0 Å². The van der Waals surface area contributed by atoms with Crippen LogP contribution in [0.2, 0.25) is 0 Å². The molecule has 0 atom stereocenters. The fourth-order valence-electron chi connectivity index (χ4n) is 1.65. The van der Waals surface area contributed by atoms with Crippen LogP contribution in [0.1, 0.15) is 29.6 Å². The first-order valence-corrected chi connectivity index (χ1v) is 5.97. The Kier molecular flexibility index (Phi) is 5.58. The number of hydrogen-bond acceptors (Lipinski definition) is 3. The van der Waals surface area contributed by atoms with E-state index in [1.54, 1.807) is 7.05 Å². The Hall–Kier alpha value is -1.62. The Labute approximate surface area is 106 Å². The third-order valence-corrected chi connectivity index (χ3v) is 2.72. The molecule has 0 unspecified atom stereocenters. The molecule has 0 aliphatic rings. The number of hydrogen-bond donors (Lipinski definition) is 2. The highest BCUT2D eigenvalue weighted by atomic mass is 19.1. The number of amides is 1. The van der Waals surface area contributed by atoms with Crippen molar-refractivity contribution in [2.45, 2.75) is 19.3 Å². The topological polar surface area (TPSA) is 66.6 Å². The normalized spacial score (nSPS) is 10.4. The molecule has 0 heterocycles. The quantitative estimate of drug-likeness (QED) is 0.599. The average Bonchev–Trinajstić information content (AvgIpc) is 2.36. The van der Waals surface area contributed by atoms with Crippen LogP contribution in [0.25, 0.3) is 0 Å². The zero-order valence-corrected chi connectivity index (χ0v) is 10.5. The highest BCUT2D eigenvalue weighted by Gasteiger charge is 2.15. The first-order chi connectivity index (χ1) is 8.56. The number of unbranched alkanes of at least 4 members (excludes halogenated alkanes) is 2. The summed E-state index contributed by atoms with van der Waals surface area (Å²) in [6.45, 7) is 0.689. The molecule has 0 bridgehead atoms. The predicted molar refractivity (Wildman–Crippen MR) is 68.7 cm³/mol. The molecule has 1 rings (SSSR count). The number of nitrogens with two attached hydrogens (primary N) is 1. The molecule has 3 N–H and O–H groups in total. The van der Waals surface area contributed by atoms with Gasteiger partial charge in [0.1, 0.15) is 5.82 Å². The number of halogens is 1. The van der Waals surface area contributed by atoms with Crippen molar-refractivity contribution in [3.63, 3.8) is 0 Å². The third-order valence-electron chi connectivity index (χ3n) is 2.72. The summed E-state index contributed by atoms with van der Waals surface area (Å²) in [5, 5.41) is 8.64. The minimum Gasteiger partial charge on any atom is -0.399 e. The van der Waals surface area contributed by atoms with Gasteiger partial charge in [-0.15, -0.1) is 0 Å². The van der Waals surface area contributed by atoms with E-state index < -0.39 is 5.82 Å². The zero-order valence-electron chi connectivity index (χ0n) is 10.5. The van der Waals surface area contributed by atoms with Gasteiger partial charge in [-0.25, -0.2) is 4.39 Å². The second-order valence-corrected chi connectivity index (χ2v) is 4.25. The number of rotatable bonds is 6. The van der Waals surface area contributed by atoms with Gasteiger partial charge in [0.15, 0.2) is 0 Å². The van der Waals surface area contributed by atoms with Crippen LogP contribution in [-0.2, 0) is 0 Å². The van der Waals surface area contributed by atoms with E-state index in [0.717, 1.165) is 12.8 Å². The van der Waals surface area contributed by atoms with Gasteiger partial charge in [0, 0.05) is 25.9 Å². The van der Waals surface area contributed by atoms with Crippen LogP contribution in [0.5, 0.6) is 0 Å². The third kappa shape index (κ3) is 4.00. The Morgan fingerprint density at radius 3 is 2.78 bits per heavy atom. The Balaban J connectivity index is 2.60. The molecular weight excluding hydrogens is 235 g/mol. The van der Waals surface area contributed by atoms with E-state index in [1.165, 1.54) is 23.1 Å². The summed E-state index contributed by atoms with van der Waals surface area (Å²) in [6.07, 6.45) is 2.34. The monoisotopic (exact) mass is 254 g/mol. The summed E-state index contributed by atoms with van der Waals surface area (Å²) >= 11 is 0. The second-order valence-electron chi connectivity index (χ2n) is 4.25. The van der Waals surface area contributed by atoms with Crippen molar-refractivity contribution in [1.29, 1.82) is 0 Å². The second kappa shape index (κ2) is 6.96. The molecule has 0 saturated heterocycles. The van der Waals surface area contributed by atoms with Gasteiger partial charge < -0.3 is 15.7 Å². The molecule has 0 aromatic heterocycles. The SMILES string of the molecule is CN(CCCCCO)C(=O)c1cc(N)ccc1F. The van der Waals surface area contributed by atoms with E-state index in [1.807, 2.05) is 0 Å². The molecule has 5 heteroatoms. The lowest BCUT2D eigenvalue weighted by Gasteiger charge is -2.17. The first kappa shape index (κ1) is 14.4. The summed E-state index contributed by atoms with van der Waals surface area (Å²) in [6, 6.07) is 3.97. The fraction of sp³-hybridized carbons (Fsp3) is 0.462. The van der Waals surface area contributed by atoms with Crippen molar-refractivity contribution in [3.05, 3.63) is 29.6 Å². The molecule has 0 aliphatic heterocycles. The van der Waals surface area contributed by atoms with Crippen molar-refractivity contribution in [1.82, 2.24) is 4.90 Å². The molecule has 100 valence electrons. The smallest absolute Gasteiger partial charge is 0.256 e. The van der Waals surface area contributed by atoms with E-state index in [9.17, 15) is 9.18 Å². The van der Waals surface area contributed by atoms with Gasteiger partial charge in [-0.3, -0.25) is 4.79 Å². The van der Waals surface area contributed by atoms with Crippen LogP contribution in [0.4, 0.5) is 10.1 Å². The Morgan fingerprint density at radius 2 is 2.11 bits per heavy atom. The highest BCUT2D eigenvalue weighted by molar-refractivity contribution is 5.95. The van der Waals surface area contributed by atoms with Crippen LogP contribution in [0.15, 0.2) is 18.2 Å². The van der Waals surface area contributed by atoms with E-state index in [2.05, 4.69) is 0 Å². The number of aliphatic hydroxyl groups is 1. The van der Waals surface area contributed by atoms with Crippen molar-refractivity contribution in [2.24, 2.45) is 0 Å². The van der Waals surface area contributed by atoms with E-state index in [4.69, 9.17) is 10.8 Å². The lowest BCUT2D eigenvalue weighted by atomic mass is 10.1. The van der Waals surface area contributed by atoms with Crippen molar-refractivity contribution in [3.8, 4) is 0 Å². The van der Waals surface area contributed by atoms with E-state index in [-0.39, 0.29) is 18.1 Å². The number of carbonyl (C=O) groups is 1. The molecule has 18 heavy (non-hydrogen) atoms. The lowest BCUT2D eigenvalue weighted by molar-refractivity contribution is 0.0787.